The van der Waals surface area contributed by atoms with Crippen molar-refractivity contribution >= 4 is 24.1 Å². The Bertz CT molecular complexity index is 4320. The van der Waals surface area contributed by atoms with E-state index in [1.165, 1.54) is 13.8 Å². The van der Waals surface area contributed by atoms with E-state index < -0.39 is 360 Å². The highest BCUT2D eigenvalue weighted by atomic mass is 16.8. The van der Waals surface area contributed by atoms with Crippen LogP contribution in [0.3, 0.4) is 0 Å². The molecule has 8 heterocycles. The number of esters is 2. The summed E-state index contributed by atoms with van der Waals surface area (Å²) in [7, 11) is 0. The Morgan fingerprint density at radius 3 is 1.80 bits per heavy atom. The molecule has 142 heavy (non-hydrogen) atoms. The highest BCUT2D eigenvalue weighted by Crippen LogP contribution is 2.76. The second kappa shape index (κ2) is 46.0. The summed E-state index contributed by atoms with van der Waals surface area (Å²) in [6.45, 7) is 21.2. The molecule has 13 aliphatic rings. The van der Waals surface area contributed by atoms with Gasteiger partial charge in [-0.15, -0.1) is 0 Å². The molecule has 0 spiro atoms. The van der Waals surface area contributed by atoms with Gasteiger partial charge in [0, 0.05) is 18.8 Å². The van der Waals surface area contributed by atoms with E-state index in [0.29, 0.717) is 51.4 Å². The molecule has 21 N–H and O–H groups in total. The summed E-state index contributed by atoms with van der Waals surface area (Å²) in [5, 5.41) is 229. The molecule has 4 saturated carbocycles. The highest BCUT2D eigenvalue weighted by Gasteiger charge is 2.74. The largest absolute Gasteiger partial charge is 0.462 e. The lowest BCUT2D eigenvalue weighted by atomic mass is 9.33. The zero-order valence-electron chi connectivity index (χ0n) is 83.1. The van der Waals surface area contributed by atoms with Gasteiger partial charge in [-0.25, -0.2) is 0 Å². The molecule has 50 atom stereocenters. The zero-order chi connectivity index (χ0) is 103. The molecular formula is C99H157NO42. The predicted octanol–water partition coefficient (Wildman–Crippen LogP) is -2.07. The van der Waals surface area contributed by atoms with E-state index in [-0.39, 0.29) is 63.1 Å². The van der Waals surface area contributed by atoms with Crippen molar-refractivity contribution in [2.45, 2.75) is 432 Å². The summed E-state index contributed by atoms with van der Waals surface area (Å²) in [5.41, 5.74) is -5.94. The van der Waals surface area contributed by atoms with Crippen molar-refractivity contribution in [1.29, 1.82) is 0 Å². The molecule has 43 nitrogen and oxygen atoms in total. The first-order valence-corrected chi connectivity index (χ1v) is 50.7. The van der Waals surface area contributed by atoms with Gasteiger partial charge in [-0.2, -0.15) is 0 Å². The van der Waals surface area contributed by atoms with Gasteiger partial charge in [-0.3, -0.25) is 14.4 Å². The maximum Gasteiger partial charge on any atom is 0.317 e. The minimum Gasteiger partial charge on any atom is -0.462 e. The average Bonchev–Trinajstić information content (AvgIpc) is 0.748. The van der Waals surface area contributed by atoms with Gasteiger partial charge in [0.2, 0.25) is 12.2 Å². The Balaban J connectivity index is 0.695. The fourth-order valence-electron chi connectivity index (χ4n) is 25.1. The van der Waals surface area contributed by atoms with Crippen LogP contribution < -0.4 is 5.32 Å². The molecule has 8 saturated heterocycles. The van der Waals surface area contributed by atoms with Crippen molar-refractivity contribution in [3.8, 4) is 0 Å². The predicted molar refractivity (Wildman–Crippen MR) is 486 cm³/mol. The van der Waals surface area contributed by atoms with E-state index in [4.69, 9.17) is 85.3 Å². The van der Waals surface area contributed by atoms with Gasteiger partial charge in [-0.1, -0.05) is 131 Å². The van der Waals surface area contributed by atoms with E-state index in [1.807, 2.05) is 45.9 Å². The number of nitrogens with one attached hydrogen (secondary N) is 1. The van der Waals surface area contributed by atoms with Crippen LogP contribution in [-0.2, 0) is 111 Å². The lowest BCUT2D eigenvalue weighted by molar-refractivity contribution is -0.380. The summed E-state index contributed by atoms with van der Waals surface area (Å²) >= 11 is 0. The molecule has 1 amide bonds. The van der Waals surface area contributed by atoms with Crippen LogP contribution in [0.1, 0.15) is 192 Å². The first-order valence-electron chi connectivity index (χ1n) is 50.7. The van der Waals surface area contributed by atoms with Crippen LogP contribution in [-0.4, -0.2) is 411 Å². The molecule has 810 valence electrons. The fourth-order valence-corrected chi connectivity index (χ4v) is 25.1. The Morgan fingerprint density at radius 2 is 1.12 bits per heavy atom. The summed E-state index contributed by atoms with van der Waals surface area (Å²) in [6.07, 6.45) is -53.0. The molecule has 14 rings (SSSR count). The molecule has 43 heteroatoms. The Morgan fingerprint density at radius 1 is 0.542 bits per heavy atom. The van der Waals surface area contributed by atoms with E-state index in [2.05, 4.69) is 46.0 Å². The third kappa shape index (κ3) is 22.6. The fraction of sp³-hybridized carbons (Fsp3) is 0.879. The summed E-state index contributed by atoms with van der Waals surface area (Å²) in [5.74, 6) is -5.28. The van der Waals surface area contributed by atoms with Crippen LogP contribution in [0.5, 0.6) is 0 Å². The minimum atomic E-state index is -2.16. The summed E-state index contributed by atoms with van der Waals surface area (Å²) < 4.78 is 111. The van der Waals surface area contributed by atoms with Gasteiger partial charge in [0.1, 0.15) is 139 Å². The number of aldehydes is 1. The number of aliphatic hydroxyl groups excluding tert-OH is 19. The number of hydrogen-bond donors (Lipinski definition) is 21. The van der Waals surface area contributed by atoms with Crippen LogP contribution in [0.4, 0.5) is 0 Å². The molecule has 1 aromatic carbocycles. The standard InChI is InChI=1S/C99H157NO42/c1-14-44(3)56(132-65(110)32-51(105)30-57(45(4)15-2)133-87-74(118)69(113)59(36-102)134-87)29-50(104)31-64(109)100-66-47(6)130-90(81(70(66)114)140-86-76(120)72(116)79(48(7)131-86)138-85-77(121)80(55(107)40-128-85)139-91-83(122)98(124,43-129-91)42-125-38-49-19-17-16-18-20-49)142-92(123)99-28-27-93(8,9)33-53(99)52-21-22-61-94(10)25-24-63(95(11,41-103)60(94)23-26-96(61,12)97(52,13)34-62(99)108)136-89-82(141-88-75(119)71(115)68(112)58(35-101)135-88)78(46(5)37-126-89)137-84-73(117)67(111)54(106)39-127-84/h16-21,41,44-48,50-51,53-63,66-91,101-102,104-108,111-122,124H,14-15,22-40,42-43H2,1-13H3,(H,100,109)/t44-,45-,46+,47+,48?,50-,51-,53?,54+,55+,56-,57-,58?,59?,60+,61?,62+,63-,66-,67-,68-,69?,70?,71-,72?,73?,74?,75?,76?,77?,78-,79-,80?,81?,82?,83?,84-,85-,86-,87+,88-,89-,90-,91-,94?,95?,96+,97?,98-,99+/m0/s1. The molecule has 8 aliphatic heterocycles. The van der Waals surface area contributed by atoms with Crippen molar-refractivity contribution in [2.75, 3.05) is 46.2 Å². The SMILES string of the molecule is CC[C@H](C)[C@H](C[C@H](O)CC(=O)N[C@@H]1C(O)C(O[C@@H]2OC(C)[C@H](O[C@@H]3OC[C@@H](O)C(O[C@@H]4OC[C@@](O)(COCc5ccccc5)C4O)C3O)C(O)C2O)[C@H](OC(=O)[C@]23CCC(C)(C)CC2C2=CCC4C5(C)CC[C@H](O[C@@H]6OC[C@@H](C)[C@H](O[C@@H]7OC[C@@H](O)[C@H](O)C7O)C6O[C@@H]6OC(CO)[C@H](O)[C@H](O)C6O)C(C)(C=O)[C@@H]5CC[C@@]4(C)C2(C)C[C@H]3O)O[C@@H]1C)OC(=O)C[C@@H](O)C[C@H](O[C@@H]1OC(CO)C(O)C1O)[C@@H](C)CC. The van der Waals surface area contributed by atoms with Gasteiger partial charge < -0.3 is 198 Å². The van der Waals surface area contributed by atoms with Crippen molar-refractivity contribution < 1.29 is 207 Å². The van der Waals surface area contributed by atoms with Gasteiger partial charge >= 0.3 is 11.9 Å². The first kappa shape index (κ1) is 113. The van der Waals surface area contributed by atoms with Crippen molar-refractivity contribution in [3.05, 3.63) is 47.5 Å². The summed E-state index contributed by atoms with van der Waals surface area (Å²) in [6, 6.07) is 7.53. The molecule has 20 unspecified atom stereocenters. The Hall–Kier alpha value is -4.40. The third-order valence-electron chi connectivity index (χ3n) is 34.5. The quantitative estimate of drug-likeness (QED) is 0.0147. The van der Waals surface area contributed by atoms with E-state index in [9.17, 15) is 117 Å². The number of fused-ring (bicyclic) bond motifs is 7. The van der Waals surface area contributed by atoms with Crippen LogP contribution in [0.25, 0.3) is 0 Å². The maximum atomic E-state index is 16.4. The smallest absolute Gasteiger partial charge is 0.317 e. The number of rotatable bonds is 37. The maximum absolute atomic E-state index is 16.4. The second-order valence-corrected chi connectivity index (χ2v) is 44.5. The van der Waals surface area contributed by atoms with Crippen molar-refractivity contribution in [1.82, 2.24) is 5.32 Å². The van der Waals surface area contributed by atoms with Gasteiger partial charge in [-0.05, 0) is 128 Å². The number of ether oxygens (including phenoxy) is 18. The zero-order valence-corrected chi connectivity index (χ0v) is 83.1. The Labute approximate surface area is 826 Å². The second-order valence-electron chi connectivity index (χ2n) is 44.5. The number of benzene rings is 1. The normalized spacial score (nSPS) is 47.2. The number of carbonyl (C=O) groups is 4. The van der Waals surface area contributed by atoms with Crippen molar-refractivity contribution in [2.24, 2.45) is 68.0 Å². The number of aliphatic hydroxyl groups is 20. The van der Waals surface area contributed by atoms with Gasteiger partial charge in [0.25, 0.3) is 0 Å². The van der Waals surface area contributed by atoms with Gasteiger partial charge in [0.05, 0.1) is 126 Å². The number of amides is 1. The van der Waals surface area contributed by atoms with E-state index in [0.717, 1.165) is 17.4 Å². The molecule has 0 aromatic heterocycles. The van der Waals surface area contributed by atoms with E-state index in [1.54, 1.807) is 26.0 Å². The van der Waals surface area contributed by atoms with Crippen LogP contribution in [0.15, 0.2) is 42.0 Å². The van der Waals surface area contributed by atoms with Gasteiger partial charge in [0.15, 0.2) is 50.1 Å². The van der Waals surface area contributed by atoms with E-state index >= 15 is 4.79 Å². The topological polar surface area (TPSA) is 651 Å². The van der Waals surface area contributed by atoms with Crippen LogP contribution in [0.2, 0.25) is 0 Å². The van der Waals surface area contributed by atoms with Crippen molar-refractivity contribution in [3.63, 3.8) is 0 Å². The number of hydrogen-bond acceptors (Lipinski definition) is 42. The number of carbonyl (C=O) groups excluding carboxylic acids is 4. The first-order chi connectivity index (χ1) is 67.0. The summed E-state index contributed by atoms with van der Waals surface area (Å²) in [4.78, 5) is 59.2. The highest BCUT2D eigenvalue weighted by molar-refractivity contribution is 5.80. The molecular weight excluding hydrogens is 1880 g/mol. The molecule has 0 radical (unpaired) electrons. The number of allylic oxidation sites excluding steroid dienone is 2. The lowest BCUT2D eigenvalue weighted by Gasteiger charge is -2.71. The Kier molecular flexibility index (Phi) is 36.7. The molecule has 1 aromatic rings. The van der Waals surface area contributed by atoms with Crippen LogP contribution >= 0.6 is 0 Å². The minimum absolute atomic E-state index is 0.0228. The average molecular weight is 2030 g/mol. The molecule has 5 aliphatic carbocycles. The molecule has 0 bridgehead atoms. The van der Waals surface area contributed by atoms with Crippen LogP contribution in [0, 0.1) is 68.0 Å². The lowest BCUT2D eigenvalue weighted by Crippen LogP contribution is -2.69. The molecule has 12 fully saturated rings. The third-order valence-corrected chi connectivity index (χ3v) is 34.5. The monoisotopic (exact) mass is 2030 g/mol.